The Morgan fingerprint density at radius 1 is 1.33 bits per heavy atom. The average molecular weight is 297 g/mol. The van der Waals surface area contributed by atoms with Crippen molar-refractivity contribution in [1.29, 1.82) is 0 Å². The van der Waals surface area contributed by atoms with Crippen molar-refractivity contribution in [2.24, 2.45) is 5.92 Å². The Morgan fingerprint density at radius 2 is 2.00 bits per heavy atom. The van der Waals surface area contributed by atoms with Crippen molar-refractivity contribution >= 4 is 11.4 Å². The molecular weight excluding hydrogens is 269 g/mol. The van der Waals surface area contributed by atoms with Gasteiger partial charge in [0.1, 0.15) is 0 Å². The molecule has 3 N–H and O–H groups in total. The first-order valence-corrected chi connectivity index (χ1v) is 7.46. The van der Waals surface area contributed by atoms with E-state index in [-0.39, 0.29) is 11.8 Å². The van der Waals surface area contributed by atoms with Crippen molar-refractivity contribution in [3.05, 3.63) is 17.9 Å². The number of rotatable bonds is 8. The molecule has 0 aliphatic rings. The van der Waals surface area contributed by atoms with E-state index in [0.717, 1.165) is 18.7 Å². The van der Waals surface area contributed by atoms with Crippen LogP contribution < -0.4 is 15.8 Å². The van der Waals surface area contributed by atoms with E-state index in [4.69, 9.17) is 10.5 Å². The minimum Gasteiger partial charge on any atom is -0.491 e. The number of nitrogens with one attached hydrogen (secondary N) is 1. The van der Waals surface area contributed by atoms with Crippen LogP contribution in [0.2, 0.25) is 0 Å². The Kier molecular flexibility index (Phi) is 6.75. The second-order valence-electron chi connectivity index (χ2n) is 6.04. The number of ether oxygens (including phenoxy) is 1. The highest BCUT2D eigenvalue weighted by Crippen LogP contribution is 2.29. The summed E-state index contributed by atoms with van der Waals surface area (Å²) in [5, 5.41) is 3.42. The van der Waals surface area contributed by atoms with Crippen molar-refractivity contribution in [3.63, 3.8) is 0 Å². The summed E-state index contributed by atoms with van der Waals surface area (Å²) in [5.74, 6) is 0.380. The average Bonchev–Trinajstić information content (AvgIpc) is 2.33. The summed E-state index contributed by atoms with van der Waals surface area (Å²) in [5.41, 5.74) is 7.06. The zero-order chi connectivity index (χ0) is 16.0. The number of likely N-dealkylation sites (N-methyl/N-ethyl adjacent to an activating group) is 1. The molecule has 120 valence electrons. The molecule has 1 rings (SSSR count). The predicted octanol–water partition coefficient (Wildman–Crippen LogP) is 3.19. The zero-order valence-electron chi connectivity index (χ0n) is 13.7. The van der Waals surface area contributed by atoms with Crippen molar-refractivity contribution in [3.8, 4) is 5.75 Å². The van der Waals surface area contributed by atoms with Gasteiger partial charge in [-0.3, -0.25) is 0 Å². The lowest BCUT2D eigenvalue weighted by Crippen LogP contribution is -2.33. The maximum Gasteiger partial charge on any atom is 0.167 e. The Balaban J connectivity index is 2.93. The van der Waals surface area contributed by atoms with Crippen LogP contribution in [-0.2, 0) is 0 Å². The van der Waals surface area contributed by atoms with Crippen molar-refractivity contribution in [2.75, 3.05) is 38.3 Å². The summed E-state index contributed by atoms with van der Waals surface area (Å²) in [6, 6.07) is 3.22. The van der Waals surface area contributed by atoms with Crippen molar-refractivity contribution in [1.82, 2.24) is 4.90 Å². The van der Waals surface area contributed by atoms with E-state index in [2.05, 4.69) is 24.1 Å². The Bertz CT molecular complexity index is 439. The number of hydrogen-bond acceptors (Lipinski definition) is 4. The summed E-state index contributed by atoms with van der Waals surface area (Å²) < 4.78 is 19.0. The van der Waals surface area contributed by atoms with Crippen LogP contribution in [0.5, 0.6) is 5.75 Å². The van der Waals surface area contributed by atoms with E-state index in [1.807, 2.05) is 21.0 Å². The van der Waals surface area contributed by atoms with Crippen LogP contribution in [0.15, 0.2) is 12.1 Å². The molecule has 0 aliphatic heterocycles. The fourth-order valence-electron chi connectivity index (χ4n) is 2.37. The lowest BCUT2D eigenvalue weighted by Gasteiger charge is -2.26. The third-order valence-corrected chi connectivity index (χ3v) is 3.10. The number of hydrogen-bond donors (Lipinski definition) is 2. The van der Waals surface area contributed by atoms with E-state index in [1.165, 1.54) is 6.07 Å². The summed E-state index contributed by atoms with van der Waals surface area (Å²) >= 11 is 0. The summed E-state index contributed by atoms with van der Waals surface area (Å²) in [7, 11) is 4.07. The molecule has 5 heteroatoms. The molecule has 0 saturated heterocycles. The molecule has 1 atom stereocenters. The smallest absolute Gasteiger partial charge is 0.167 e. The number of nitrogens with two attached hydrogens (primary N) is 1. The molecule has 0 fully saturated rings. The molecular formula is C16H28FN3O. The number of halogens is 1. The largest absolute Gasteiger partial charge is 0.491 e. The highest BCUT2D eigenvalue weighted by molar-refractivity contribution is 5.69. The van der Waals surface area contributed by atoms with Gasteiger partial charge in [0.05, 0.1) is 18.0 Å². The van der Waals surface area contributed by atoms with Crippen molar-refractivity contribution < 1.29 is 9.13 Å². The van der Waals surface area contributed by atoms with Gasteiger partial charge in [-0.05, 0) is 33.4 Å². The number of anilines is 2. The molecule has 21 heavy (non-hydrogen) atoms. The van der Waals surface area contributed by atoms with Gasteiger partial charge in [0.25, 0.3) is 0 Å². The van der Waals surface area contributed by atoms with Crippen LogP contribution in [0, 0.1) is 11.7 Å². The van der Waals surface area contributed by atoms with Crippen LogP contribution in [0.25, 0.3) is 0 Å². The van der Waals surface area contributed by atoms with E-state index in [9.17, 15) is 4.39 Å². The third-order valence-electron chi connectivity index (χ3n) is 3.10. The van der Waals surface area contributed by atoms with Gasteiger partial charge in [0, 0.05) is 24.7 Å². The van der Waals surface area contributed by atoms with Crippen LogP contribution in [0.3, 0.4) is 0 Å². The first-order chi connectivity index (χ1) is 9.83. The minimum atomic E-state index is -0.423. The summed E-state index contributed by atoms with van der Waals surface area (Å²) in [4.78, 5) is 2.13. The van der Waals surface area contributed by atoms with Crippen LogP contribution >= 0.6 is 0 Å². The first kappa shape index (κ1) is 17.6. The van der Waals surface area contributed by atoms with Gasteiger partial charge < -0.3 is 20.7 Å². The van der Waals surface area contributed by atoms with Crippen LogP contribution in [0.4, 0.5) is 15.8 Å². The fourth-order valence-corrected chi connectivity index (χ4v) is 2.37. The van der Waals surface area contributed by atoms with Gasteiger partial charge in [0.15, 0.2) is 11.6 Å². The van der Waals surface area contributed by atoms with Crippen LogP contribution in [-0.4, -0.2) is 38.2 Å². The summed E-state index contributed by atoms with van der Waals surface area (Å²) in [6.07, 6.45) is 1.01. The lowest BCUT2D eigenvalue weighted by molar-refractivity contribution is 0.321. The molecule has 0 bridgehead atoms. The van der Waals surface area contributed by atoms with Gasteiger partial charge in [-0.1, -0.05) is 13.8 Å². The summed E-state index contributed by atoms with van der Waals surface area (Å²) in [6.45, 7) is 7.51. The predicted molar refractivity (Wildman–Crippen MR) is 87.4 cm³/mol. The quantitative estimate of drug-likeness (QED) is 0.724. The molecule has 1 aromatic rings. The second-order valence-corrected chi connectivity index (χ2v) is 6.04. The Hall–Kier alpha value is -1.49. The van der Waals surface area contributed by atoms with Crippen molar-refractivity contribution in [2.45, 2.75) is 33.2 Å². The second kappa shape index (κ2) is 8.08. The van der Waals surface area contributed by atoms with Crippen LogP contribution in [0.1, 0.15) is 27.2 Å². The maximum absolute atomic E-state index is 13.7. The molecule has 0 saturated carbocycles. The van der Waals surface area contributed by atoms with Gasteiger partial charge in [0.2, 0.25) is 0 Å². The SMILES string of the molecule is CCOc1cc(NC(CC(C)C)CN(C)C)c(N)cc1F. The Labute approximate surface area is 127 Å². The highest BCUT2D eigenvalue weighted by atomic mass is 19.1. The van der Waals surface area contributed by atoms with E-state index in [1.54, 1.807) is 6.07 Å². The molecule has 0 amide bonds. The first-order valence-electron chi connectivity index (χ1n) is 7.46. The molecule has 0 aliphatic carbocycles. The zero-order valence-corrected chi connectivity index (χ0v) is 13.7. The lowest BCUT2D eigenvalue weighted by atomic mass is 10.0. The maximum atomic E-state index is 13.7. The highest BCUT2D eigenvalue weighted by Gasteiger charge is 2.15. The number of nitrogens with zero attached hydrogens (tertiary/aromatic N) is 1. The van der Waals surface area contributed by atoms with E-state index in [0.29, 0.717) is 18.2 Å². The molecule has 0 radical (unpaired) electrons. The van der Waals surface area contributed by atoms with Gasteiger partial charge in [-0.2, -0.15) is 0 Å². The fraction of sp³-hybridized carbons (Fsp3) is 0.625. The molecule has 4 nitrogen and oxygen atoms in total. The minimum absolute atomic E-state index is 0.238. The van der Waals surface area contributed by atoms with Gasteiger partial charge >= 0.3 is 0 Å². The standard InChI is InChI=1S/C16H28FN3O/c1-6-21-16-9-15(14(18)8-13(16)17)19-12(7-11(2)3)10-20(4)5/h8-9,11-12,19H,6-7,10,18H2,1-5H3. The molecule has 1 aromatic carbocycles. The Morgan fingerprint density at radius 3 is 2.52 bits per heavy atom. The molecule has 0 spiro atoms. The topological polar surface area (TPSA) is 50.5 Å². The van der Waals surface area contributed by atoms with E-state index >= 15 is 0 Å². The molecule has 0 aromatic heterocycles. The van der Waals surface area contributed by atoms with E-state index < -0.39 is 5.82 Å². The normalized spacial score (nSPS) is 12.8. The number of benzene rings is 1. The van der Waals surface area contributed by atoms with Gasteiger partial charge in [-0.15, -0.1) is 0 Å². The molecule has 0 heterocycles. The third kappa shape index (κ3) is 5.79. The number of nitrogen functional groups attached to an aromatic ring is 1. The molecule has 1 unspecified atom stereocenters. The monoisotopic (exact) mass is 297 g/mol. The van der Waals surface area contributed by atoms with Gasteiger partial charge in [-0.25, -0.2) is 4.39 Å².